The Labute approximate surface area is 112 Å². The lowest BCUT2D eigenvalue weighted by molar-refractivity contribution is -0.325. The predicted molar refractivity (Wildman–Crippen MR) is 62.9 cm³/mol. The summed E-state index contributed by atoms with van der Waals surface area (Å²) in [5.41, 5.74) is 0.659. The fourth-order valence-corrected chi connectivity index (χ4v) is 1.79. The Morgan fingerprint density at radius 1 is 1.42 bits per heavy atom. The third-order valence-corrected chi connectivity index (χ3v) is 2.69. The molecular weight excluding hydrogens is 285 g/mol. The molecule has 0 radical (unpaired) electrons. The van der Waals surface area contributed by atoms with Crippen LogP contribution in [0, 0.1) is 5.92 Å². The molecular formula is C12H12ClF3O3. The third-order valence-electron chi connectivity index (χ3n) is 2.45. The van der Waals surface area contributed by atoms with Crippen molar-refractivity contribution >= 4 is 17.6 Å². The molecule has 1 aromatic rings. The third kappa shape index (κ3) is 6.45. The fourth-order valence-electron chi connectivity index (χ4n) is 1.58. The van der Waals surface area contributed by atoms with Crippen LogP contribution in [0.15, 0.2) is 24.3 Å². The molecule has 0 saturated carbocycles. The minimum absolute atomic E-state index is 0.108. The standard InChI is InChI=1S/C12H12ClF3O3/c13-10-3-1-2-8(7-10)6-9(11(17)18)4-5-19-12(14,15)16/h1-3,7,9H,4-6H2,(H,17,18). The van der Waals surface area contributed by atoms with Crippen molar-refractivity contribution in [2.45, 2.75) is 19.2 Å². The zero-order chi connectivity index (χ0) is 14.5. The Hall–Kier alpha value is -1.27. The number of alkyl halides is 3. The minimum atomic E-state index is -4.74. The maximum Gasteiger partial charge on any atom is 0.522 e. The quantitative estimate of drug-likeness (QED) is 0.874. The van der Waals surface area contributed by atoms with Gasteiger partial charge in [0.15, 0.2) is 0 Å². The Balaban J connectivity index is 2.56. The molecule has 0 aliphatic carbocycles. The van der Waals surface area contributed by atoms with Crippen molar-refractivity contribution in [1.82, 2.24) is 0 Å². The van der Waals surface area contributed by atoms with Crippen LogP contribution in [0.2, 0.25) is 5.02 Å². The molecule has 0 aromatic heterocycles. The predicted octanol–water partition coefficient (Wildman–Crippen LogP) is 3.51. The lowest BCUT2D eigenvalue weighted by Gasteiger charge is -2.13. The number of carboxylic acids is 1. The van der Waals surface area contributed by atoms with Crippen molar-refractivity contribution in [2.75, 3.05) is 6.61 Å². The number of carboxylic acid groups (broad SMARTS) is 1. The number of ether oxygens (including phenoxy) is 1. The van der Waals surface area contributed by atoms with E-state index in [1.807, 2.05) is 0 Å². The van der Waals surface area contributed by atoms with Gasteiger partial charge in [-0.1, -0.05) is 23.7 Å². The summed E-state index contributed by atoms with van der Waals surface area (Å²) in [4.78, 5) is 11.0. The normalized spacial score (nSPS) is 13.3. The lowest BCUT2D eigenvalue weighted by Crippen LogP contribution is -2.21. The van der Waals surface area contributed by atoms with Crippen molar-refractivity contribution in [3.8, 4) is 0 Å². The highest BCUT2D eigenvalue weighted by atomic mass is 35.5. The first-order valence-corrected chi connectivity index (χ1v) is 5.83. The summed E-state index contributed by atoms with van der Waals surface area (Å²) in [7, 11) is 0. The van der Waals surface area contributed by atoms with Crippen molar-refractivity contribution in [2.24, 2.45) is 5.92 Å². The van der Waals surface area contributed by atoms with Crippen molar-refractivity contribution in [3.05, 3.63) is 34.9 Å². The van der Waals surface area contributed by atoms with E-state index in [9.17, 15) is 18.0 Å². The second-order valence-electron chi connectivity index (χ2n) is 3.95. The molecule has 0 spiro atoms. The zero-order valence-corrected chi connectivity index (χ0v) is 10.5. The minimum Gasteiger partial charge on any atom is -0.481 e. The summed E-state index contributed by atoms with van der Waals surface area (Å²) >= 11 is 5.75. The number of hydrogen-bond donors (Lipinski definition) is 1. The number of aliphatic carboxylic acids is 1. The van der Waals surface area contributed by atoms with Gasteiger partial charge >= 0.3 is 12.3 Å². The Bertz CT molecular complexity index is 434. The van der Waals surface area contributed by atoms with Crippen LogP contribution in [0.3, 0.4) is 0 Å². The summed E-state index contributed by atoms with van der Waals surface area (Å²) < 4.78 is 39.0. The molecule has 0 heterocycles. The van der Waals surface area contributed by atoms with E-state index in [1.54, 1.807) is 24.3 Å². The molecule has 1 atom stereocenters. The lowest BCUT2D eigenvalue weighted by atomic mass is 9.97. The van der Waals surface area contributed by atoms with E-state index in [0.717, 1.165) is 0 Å². The van der Waals surface area contributed by atoms with Crippen molar-refractivity contribution in [3.63, 3.8) is 0 Å². The van der Waals surface area contributed by atoms with Gasteiger partial charge in [-0.2, -0.15) is 0 Å². The summed E-state index contributed by atoms with van der Waals surface area (Å²) in [6, 6.07) is 6.55. The molecule has 7 heteroatoms. The molecule has 1 unspecified atom stereocenters. The molecule has 19 heavy (non-hydrogen) atoms. The van der Waals surface area contributed by atoms with E-state index in [0.29, 0.717) is 10.6 Å². The first-order valence-electron chi connectivity index (χ1n) is 5.46. The molecule has 1 N–H and O–H groups in total. The van der Waals surface area contributed by atoms with Gasteiger partial charge < -0.3 is 5.11 Å². The van der Waals surface area contributed by atoms with Gasteiger partial charge in [0.1, 0.15) is 0 Å². The number of benzene rings is 1. The Morgan fingerprint density at radius 3 is 2.63 bits per heavy atom. The molecule has 3 nitrogen and oxygen atoms in total. The van der Waals surface area contributed by atoms with Gasteiger partial charge in [0.05, 0.1) is 12.5 Å². The summed E-state index contributed by atoms with van der Waals surface area (Å²) in [5, 5.41) is 9.42. The van der Waals surface area contributed by atoms with Gasteiger partial charge in [-0.05, 0) is 30.5 Å². The van der Waals surface area contributed by atoms with E-state index in [2.05, 4.69) is 4.74 Å². The van der Waals surface area contributed by atoms with E-state index < -0.39 is 24.9 Å². The van der Waals surface area contributed by atoms with Crippen LogP contribution >= 0.6 is 11.6 Å². The molecule has 0 bridgehead atoms. The molecule has 0 aliphatic heterocycles. The number of halogens is 4. The monoisotopic (exact) mass is 296 g/mol. The van der Waals surface area contributed by atoms with Gasteiger partial charge in [0.25, 0.3) is 0 Å². The van der Waals surface area contributed by atoms with E-state index in [4.69, 9.17) is 16.7 Å². The summed E-state index contributed by atoms with van der Waals surface area (Å²) in [6.07, 6.45) is -4.85. The summed E-state index contributed by atoms with van der Waals surface area (Å²) in [5.74, 6) is -2.11. The Morgan fingerprint density at radius 2 is 2.11 bits per heavy atom. The second kappa shape index (κ2) is 6.77. The van der Waals surface area contributed by atoms with Crippen LogP contribution in [-0.2, 0) is 16.0 Å². The maximum absolute atomic E-state index is 11.8. The average molecular weight is 297 g/mol. The molecule has 1 rings (SSSR count). The molecule has 0 aliphatic rings. The van der Waals surface area contributed by atoms with Crippen molar-refractivity contribution < 1.29 is 27.8 Å². The first kappa shape index (κ1) is 15.8. The number of carbonyl (C=O) groups is 1. The Kier molecular flexibility index (Phi) is 5.62. The smallest absolute Gasteiger partial charge is 0.481 e. The average Bonchev–Trinajstić information content (AvgIpc) is 2.26. The van der Waals surface area contributed by atoms with Gasteiger partial charge in [-0.15, -0.1) is 13.2 Å². The highest BCUT2D eigenvalue weighted by molar-refractivity contribution is 6.30. The second-order valence-corrected chi connectivity index (χ2v) is 4.39. The molecule has 0 saturated heterocycles. The highest BCUT2D eigenvalue weighted by Crippen LogP contribution is 2.20. The van der Waals surface area contributed by atoms with Gasteiger partial charge in [0, 0.05) is 5.02 Å². The van der Waals surface area contributed by atoms with Crippen LogP contribution in [-0.4, -0.2) is 24.0 Å². The molecule has 0 fully saturated rings. The molecule has 0 amide bonds. The van der Waals surface area contributed by atoms with E-state index in [-0.39, 0.29) is 12.8 Å². The van der Waals surface area contributed by atoms with Crippen LogP contribution in [0.5, 0.6) is 0 Å². The molecule has 106 valence electrons. The zero-order valence-electron chi connectivity index (χ0n) is 9.78. The van der Waals surface area contributed by atoms with E-state index >= 15 is 0 Å². The van der Waals surface area contributed by atoms with Crippen molar-refractivity contribution in [1.29, 1.82) is 0 Å². The SMILES string of the molecule is O=C(O)C(CCOC(F)(F)F)Cc1cccc(Cl)c1. The molecule has 1 aromatic carbocycles. The van der Waals surface area contributed by atoms with Gasteiger partial charge in [0.2, 0.25) is 0 Å². The number of rotatable bonds is 6. The summed E-state index contributed by atoms with van der Waals surface area (Å²) in [6.45, 7) is -0.680. The first-order chi connectivity index (χ1) is 8.78. The number of hydrogen-bond acceptors (Lipinski definition) is 2. The van der Waals surface area contributed by atoms with E-state index in [1.165, 1.54) is 0 Å². The van der Waals surface area contributed by atoms with Gasteiger partial charge in [-0.3, -0.25) is 9.53 Å². The van der Waals surface area contributed by atoms with Crippen LogP contribution in [0.25, 0.3) is 0 Å². The van der Waals surface area contributed by atoms with Gasteiger partial charge in [-0.25, -0.2) is 0 Å². The maximum atomic E-state index is 11.8. The fraction of sp³-hybridized carbons (Fsp3) is 0.417. The van der Waals surface area contributed by atoms with Crippen LogP contribution < -0.4 is 0 Å². The van der Waals surface area contributed by atoms with Crippen LogP contribution in [0.1, 0.15) is 12.0 Å². The van der Waals surface area contributed by atoms with Crippen LogP contribution in [0.4, 0.5) is 13.2 Å². The highest BCUT2D eigenvalue weighted by Gasteiger charge is 2.30. The largest absolute Gasteiger partial charge is 0.522 e. The topological polar surface area (TPSA) is 46.5 Å².